The van der Waals surface area contributed by atoms with Gasteiger partial charge >= 0.3 is 6.18 Å². The standard InChI is InChI=1S/C13H12ClF3N6O/c1-7-10(14)11(13(15,16)17)21-23(7)4-3-9(24)20-12-8(5-18)6-19-22(12)2/h6H,3-4H2,1-2H3,(H,20,24). The first kappa shape index (κ1) is 17.8. The lowest BCUT2D eigenvalue weighted by Gasteiger charge is -2.07. The van der Waals surface area contributed by atoms with Crippen molar-refractivity contribution in [1.29, 1.82) is 5.26 Å². The molecule has 0 unspecified atom stereocenters. The van der Waals surface area contributed by atoms with Crippen molar-refractivity contribution in [3.05, 3.63) is 28.2 Å². The Balaban J connectivity index is 2.08. The molecule has 0 aromatic carbocycles. The molecule has 24 heavy (non-hydrogen) atoms. The predicted molar refractivity (Wildman–Crippen MR) is 78.1 cm³/mol. The summed E-state index contributed by atoms with van der Waals surface area (Å²) >= 11 is 5.64. The quantitative estimate of drug-likeness (QED) is 0.907. The van der Waals surface area contributed by atoms with E-state index < -0.39 is 22.8 Å². The molecular formula is C13H12ClF3N6O. The van der Waals surface area contributed by atoms with E-state index in [1.807, 2.05) is 6.07 Å². The van der Waals surface area contributed by atoms with Crippen molar-refractivity contribution in [2.75, 3.05) is 5.32 Å². The maximum atomic E-state index is 12.7. The fourth-order valence-electron chi connectivity index (χ4n) is 1.99. The number of aromatic nitrogens is 4. The molecule has 2 aromatic rings. The number of amides is 1. The first-order chi connectivity index (χ1) is 11.1. The van der Waals surface area contributed by atoms with Gasteiger partial charge in [-0.2, -0.15) is 28.6 Å². The minimum atomic E-state index is -4.66. The van der Waals surface area contributed by atoms with Crippen molar-refractivity contribution < 1.29 is 18.0 Å². The van der Waals surface area contributed by atoms with Gasteiger partial charge in [0.25, 0.3) is 0 Å². The number of aryl methyl sites for hydroxylation is 2. The molecule has 0 spiro atoms. The Labute approximate surface area is 139 Å². The van der Waals surface area contributed by atoms with Gasteiger partial charge in [0.05, 0.1) is 23.5 Å². The van der Waals surface area contributed by atoms with Crippen molar-refractivity contribution in [2.45, 2.75) is 26.1 Å². The molecule has 0 aliphatic heterocycles. The van der Waals surface area contributed by atoms with E-state index >= 15 is 0 Å². The fraction of sp³-hybridized carbons (Fsp3) is 0.385. The molecule has 0 aliphatic rings. The average Bonchev–Trinajstić information content (AvgIpc) is 2.99. The number of nitrogens with zero attached hydrogens (tertiary/aromatic N) is 5. The summed E-state index contributed by atoms with van der Waals surface area (Å²) in [6.45, 7) is 1.30. The smallest absolute Gasteiger partial charge is 0.310 e. The van der Waals surface area contributed by atoms with E-state index in [1.165, 1.54) is 17.8 Å². The van der Waals surface area contributed by atoms with E-state index in [1.54, 1.807) is 7.05 Å². The van der Waals surface area contributed by atoms with Crippen LogP contribution in [-0.4, -0.2) is 25.5 Å². The van der Waals surface area contributed by atoms with Gasteiger partial charge in [0.15, 0.2) is 5.69 Å². The van der Waals surface area contributed by atoms with E-state index in [0.29, 0.717) is 0 Å². The number of carbonyl (C=O) groups excluding carboxylic acids is 1. The normalized spacial score (nSPS) is 11.4. The summed E-state index contributed by atoms with van der Waals surface area (Å²) in [5, 5.41) is 18.2. The van der Waals surface area contributed by atoms with Gasteiger partial charge in [0.2, 0.25) is 5.91 Å². The maximum Gasteiger partial charge on any atom is 0.436 e. The zero-order chi connectivity index (χ0) is 18.1. The first-order valence-electron chi connectivity index (χ1n) is 6.67. The molecule has 2 rings (SSSR count). The Hall–Kier alpha value is -2.54. The van der Waals surface area contributed by atoms with Gasteiger partial charge in [-0.15, -0.1) is 0 Å². The topological polar surface area (TPSA) is 88.5 Å². The number of nitrogens with one attached hydrogen (secondary N) is 1. The molecule has 1 amide bonds. The highest BCUT2D eigenvalue weighted by Gasteiger charge is 2.38. The van der Waals surface area contributed by atoms with Gasteiger partial charge in [-0.3, -0.25) is 14.2 Å². The maximum absolute atomic E-state index is 12.7. The molecule has 2 aromatic heterocycles. The lowest BCUT2D eigenvalue weighted by Crippen LogP contribution is -2.18. The van der Waals surface area contributed by atoms with Crippen LogP contribution >= 0.6 is 11.6 Å². The number of anilines is 1. The number of hydrogen-bond acceptors (Lipinski definition) is 4. The number of halogens is 4. The third-order valence-electron chi connectivity index (χ3n) is 3.27. The first-order valence-corrected chi connectivity index (χ1v) is 7.05. The number of nitriles is 1. The van der Waals surface area contributed by atoms with Crippen LogP contribution in [0.1, 0.15) is 23.4 Å². The van der Waals surface area contributed by atoms with Crippen LogP contribution < -0.4 is 5.32 Å². The molecule has 1 N–H and O–H groups in total. The van der Waals surface area contributed by atoms with Crippen molar-refractivity contribution in [1.82, 2.24) is 19.6 Å². The van der Waals surface area contributed by atoms with E-state index in [2.05, 4.69) is 15.5 Å². The lowest BCUT2D eigenvalue weighted by molar-refractivity contribution is -0.141. The Morgan fingerprint density at radius 2 is 2.17 bits per heavy atom. The zero-order valence-corrected chi connectivity index (χ0v) is 13.4. The predicted octanol–water partition coefficient (Wildman–Crippen LogP) is 2.50. The molecule has 0 bridgehead atoms. The van der Waals surface area contributed by atoms with E-state index in [4.69, 9.17) is 16.9 Å². The SMILES string of the molecule is Cc1c(Cl)c(C(F)(F)F)nn1CCC(=O)Nc1c(C#N)cnn1C. The Morgan fingerprint density at radius 3 is 2.71 bits per heavy atom. The number of rotatable bonds is 4. The van der Waals surface area contributed by atoms with Crippen molar-refractivity contribution in [2.24, 2.45) is 7.05 Å². The summed E-state index contributed by atoms with van der Waals surface area (Å²) in [6, 6.07) is 1.87. The molecule has 0 saturated heterocycles. The highest BCUT2D eigenvalue weighted by molar-refractivity contribution is 6.31. The number of alkyl halides is 3. The molecule has 0 atom stereocenters. The third kappa shape index (κ3) is 3.51. The molecule has 0 radical (unpaired) electrons. The second kappa shape index (κ2) is 6.52. The minimum Gasteiger partial charge on any atom is -0.310 e. The molecule has 0 fully saturated rings. The lowest BCUT2D eigenvalue weighted by atomic mass is 10.3. The summed E-state index contributed by atoms with van der Waals surface area (Å²) < 4.78 is 40.6. The third-order valence-corrected chi connectivity index (χ3v) is 3.72. The van der Waals surface area contributed by atoms with Crippen LogP contribution in [0, 0.1) is 18.3 Å². The highest BCUT2D eigenvalue weighted by Crippen LogP contribution is 2.35. The summed E-state index contributed by atoms with van der Waals surface area (Å²) in [7, 11) is 1.55. The zero-order valence-electron chi connectivity index (χ0n) is 12.6. The van der Waals surface area contributed by atoms with E-state index in [9.17, 15) is 18.0 Å². The molecular weight excluding hydrogens is 349 g/mol. The van der Waals surface area contributed by atoms with Gasteiger partial charge in [-0.25, -0.2) is 0 Å². The average molecular weight is 361 g/mol. The Kier molecular flexibility index (Phi) is 4.84. The summed E-state index contributed by atoms with van der Waals surface area (Å²) in [5.74, 6) is -0.275. The van der Waals surface area contributed by atoms with E-state index in [-0.39, 0.29) is 30.0 Å². The van der Waals surface area contributed by atoms with Crippen LogP contribution in [0.25, 0.3) is 0 Å². The van der Waals surface area contributed by atoms with E-state index in [0.717, 1.165) is 4.68 Å². The molecule has 7 nitrogen and oxygen atoms in total. The van der Waals surface area contributed by atoms with Crippen molar-refractivity contribution in [3.8, 4) is 6.07 Å². The summed E-state index contributed by atoms with van der Waals surface area (Å²) in [6.07, 6.45) is -3.51. The monoisotopic (exact) mass is 360 g/mol. The minimum absolute atomic E-state index is 0.0901. The van der Waals surface area contributed by atoms with Crippen molar-refractivity contribution in [3.63, 3.8) is 0 Å². The Morgan fingerprint density at radius 1 is 1.50 bits per heavy atom. The molecule has 128 valence electrons. The number of hydrogen-bond donors (Lipinski definition) is 1. The van der Waals surface area contributed by atoms with Gasteiger partial charge in [-0.1, -0.05) is 11.6 Å². The molecule has 2 heterocycles. The van der Waals surface area contributed by atoms with Gasteiger partial charge in [0.1, 0.15) is 17.5 Å². The molecule has 0 saturated carbocycles. The molecule has 0 aliphatic carbocycles. The van der Waals surface area contributed by atoms with Gasteiger partial charge < -0.3 is 5.32 Å². The second-order valence-corrected chi connectivity index (χ2v) is 5.29. The van der Waals surface area contributed by atoms with Gasteiger partial charge in [-0.05, 0) is 6.92 Å². The molecule has 11 heteroatoms. The number of carbonyl (C=O) groups is 1. The van der Waals surface area contributed by atoms with Crippen LogP contribution in [0.5, 0.6) is 0 Å². The summed E-state index contributed by atoms with van der Waals surface area (Å²) in [5.41, 5.74) is -0.876. The van der Waals surface area contributed by atoms with Crippen LogP contribution in [0.15, 0.2) is 6.20 Å². The van der Waals surface area contributed by atoms with Crippen LogP contribution in [0.3, 0.4) is 0 Å². The Bertz CT molecular complexity index is 817. The fourth-order valence-corrected chi connectivity index (χ4v) is 2.24. The van der Waals surface area contributed by atoms with Crippen LogP contribution in [0.2, 0.25) is 5.02 Å². The van der Waals surface area contributed by atoms with Gasteiger partial charge in [0, 0.05) is 13.5 Å². The summed E-state index contributed by atoms with van der Waals surface area (Å²) in [4.78, 5) is 11.9. The second-order valence-electron chi connectivity index (χ2n) is 4.91. The largest absolute Gasteiger partial charge is 0.436 e. The van der Waals surface area contributed by atoms with Crippen LogP contribution in [-0.2, 0) is 24.6 Å². The highest BCUT2D eigenvalue weighted by atomic mass is 35.5. The van der Waals surface area contributed by atoms with Crippen molar-refractivity contribution >= 4 is 23.3 Å². The van der Waals surface area contributed by atoms with Crippen LogP contribution in [0.4, 0.5) is 19.0 Å².